The van der Waals surface area contributed by atoms with Crippen molar-refractivity contribution in [1.82, 2.24) is 0 Å². The van der Waals surface area contributed by atoms with E-state index in [1.165, 1.54) is 13.3 Å². The summed E-state index contributed by atoms with van der Waals surface area (Å²) in [6, 6.07) is 4.71. The van der Waals surface area contributed by atoms with Gasteiger partial charge in [0, 0.05) is 5.56 Å². The molecule has 0 aliphatic rings. The fourth-order valence-corrected chi connectivity index (χ4v) is 1.09. The maximum atomic E-state index is 8.92. The Morgan fingerprint density at radius 2 is 2.21 bits per heavy atom. The molecule has 5 nitrogen and oxygen atoms in total. The molecule has 0 aliphatic carbocycles. The van der Waals surface area contributed by atoms with Gasteiger partial charge in [0.05, 0.1) is 13.3 Å². The number of ether oxygens (including phenoxy) is 1. The third-order valence-corrected chi connectivity index (χ3v) is 1.77. The van der Waals surface area contributed by atoms with Crippen LogP contribution >= 0.6 is 0 Å². The Morgan fingerprint density at radius 1 is 1.50 bits per heavy atom. The third kappa shape index (κ3) is 2.24. The lowest BCUT2D eigenvalue weighted by molar-refractivity contribution is 0.413. The van der Waals surface area contributed by atoms with Gasteiger partial charge in [0.15, 0.2) is 0 Å². The lowest BCUT2D eigenvalue weighted by Gasteiger charge is -2.06. The van der Waals surface area contributed by atoms with E-state index in [1.54, 1.807) is 18.2 Å². The minimum Gasteiger partial charge on any atom is -0.496 e. The highest BCUT2D eigenvalue weighted by molar-refractivity contribution is 6.58. The van der Waals surface area contributed by atoms with Crippen molar-refractivity contribution in [2.24, 2.45) is 10.9 Å². The summed E-state index contributed by atoms with van der Waals surface area (Å²) in [4.78, 5) is 0. The molecule has 0 fully saturated rings. The molecule has 0 radical (unpaired) electrons. The SMILES string of the molecule is COc1ccc(B(O)O)cc1C=NN. The highest BCUT2D eigenvalue weighted by atomic mass is 16.5. The van der Waals surface area contributed by atoms with Gasteiger partial charge in [-0.05, 0) is 17.6 Å². The van der Waals surface area contributed by atoms with Gasteiger partial charge in [-0.15, -0.1) is 0 Å². The van der Waals surface area contributed by atoms with Crippen LogP contribution in [0.5, 0.6) is 5.75 Å². The second kappa shape index (κ2) is 4.64. The van der Waals surface area contributed by atoms with E-state index >= 15 is 0 Å². The monoisotopic (exact) mass is 194 g/mol. The van der Waals surface area contributed by atoms with Crippen molar-refractivity contribution in [2.45, 2.75) is 0 Å². The number of benzene rings is 1. The van der Waals surface area contributed by atoms with Crippen LogP contribution in [0.3, 0.4) is 0 Å². The van der Waals surface area contributed by atoms with Crippen molar-refractivity contribution >= 4 is 18.8 Å². The zero-order valence-corrected chi connectivity index (χ0v) is 7.71. The first-order valence-electron chi connectivity index (χ1n) is 3.96. The quantitative estimate of drug-likeness (QED) is 0.240. The van der Waals surface area contributed by atoms with E-state index in [4.69, 9.17) is 20.6 Å². The van der Waals surface area contributed by atoms with Crippen LogP contribution in [0.15, 0.2) is 23.3 Å². The van der Waals surface area contributed by atoms with Crippen LogP contribution in [0.2, 0.25) is 0 Å². The molecule has 0 saturated carbocycles. The van der Waals surface area contributed by atoms with Crippen molar-refractivity contribution in [2.75, 3.05) is 7.11 Å². The van der Waals surface area contributed by atoms with Crippen LogP contribution in [-0.4, -0.2) is 30.5 Å². The molecule has 14 heavy (non-hydrogen) atoms. The fourth-order valence-electron chi connectivity index (χ4n) is 1.09. The number of rotatable bonds is 3. The molecule has 1 aromatic rings. The molecule has 0 saturated heterocycles. The fraction of sp³-hybridized carbons (Fsp3) is 0.125. The number of hydrogen-bond acceptors (Lipinski definition) is 5. The number of nitrogens with two attached hydrogens (primary N) is 1. The Labute approximate surface area is 82.0 Å². The summed E-state index contributed by atoms with van der Waals surface area (Å²) in [5.41, 5.74) is 0.960. The molecule has 0 aliphatic heterocycles. The summed E-state index contributed by atoms with van der Waals surface area (Å²) in [5, 5.41) is 21.2. The topological polar surface area (TPSA) is 88.1 Å². The Kier molecular flexibility index (Phi) is 3.50. The number of hydrazone groups is 1. The van der Waals surface area contributed by atoms with Gasteiger partial charge in [0.1, 0.15) is 5.75 Å². The predicted molar refractivity (Wildman–Crippen MR) is 54.6 cm³/mol. The molecule has 0 atom stereocenters. The van der Waals surface area contributed by atoms with Crippen LogP contribution < -0.4 is 16.0 Å². The molecule has 0 heterocycles. The van der Waals surface area contributed by atoms with E-state index in [1.807, 2.05) is 0 Å². The maximum absolute atomic E-state index is 8.92. The van der Waals surface area contributed by atoms with Crippen molar-refractivity contribution in [1.29, 1.82) is 0 Å². The summed E-state index contributed by atoms with van der Waals surface area (Å²) in [6.07, 6.45) is 1.38. The molecule has 1 rings (SSSR count). The van der Waals surface area contributed by atoms with Crippen molar-refractivity contribution in [3.8, 4) is 5.75 Å². The lowest BCUT2D eigenvalue weighted by atomic mass is 9.79. The van der Waals surface area contributed by atoms with E-state index in [2.05, 4.69) is 5.10 Å². The molecule has 0 bridgehead atoms. The standard InChI is InChI=1S/C8H11BN2O3/c1-14-8-3-2-7(9(12)13)4-6(8)5-11-10/h2-5,12-13H,10H2,1H3. The van der Waals surface area contributed by atoms with E-state index in [9.17, 15) is 0 Å². The molecule has 0 aromatic heterocycles. The molecule has 74 valence electrons. The molecule has 4 N–H and O–H groups in total. The summed E-state index contributed by atoms with van der Waals surface area (Å²) >= 11 is 0. The Bertz CT molecular complexity index is 341. The molecule has 6 heteroatoms. The van der Waals surface area contributed by atoms with Crippen LogP contribution in [0, 0.1) is 0 Å². The minimum absolute atomic E-state index is 0.362. The summed E-state index contributed by atoms with van der Waals surface area (Å²) in [7, 11) is 0.00365. The summed E-state index contributed by atoms with van der Waals surface area (Å²) in [5.74, 6) is 5.57. The minimum atomic E-state index is -1.51. The van der Waals surface area contributed by atoms with E-state index < -0.39 is 7.12 Å². The van der Waals surface area contributed by atoms with Crippen molar-refractivity contribution in [3.05, 3.63) is 23.8 Å². The van der Waals surface area contributed by atoms with Gasteiger partial charge >= 0.3 is 7.12 Å². The van der Waals surface area contributed by atoms with Gasteiger partial charge in [-0.2, -0.15) is 5.10 Å². The van der Waals surface area contributed by atoms with Gasteiger partial charge in [-0.25, -0.2) is 0 Å². The van der Waals surface area contributed by atoms with E-state index in [0.717, 1.165) is 0 Å². The second-order valence-corrected chi connectivity index (χ2v) is 2.65. The first-order chi connectivity index (χ1) is 6.69. The summed E-state index contributed by atoms with van der Waals surface area (Å²) in [6.45, 7) is 0. The normalized spacial score (nSPS) is 10.5. The average Bonchev–Trinajstić information content (AvgIpc) is 2.18. The zero-order valence-electron chi connectivity index (χ0n) is 7.71. The maximum Gasteiger partial charge on any atom is 0.488 e. The summed E-state index contributed by atoms with van der Waals surface area (Å²) < 4.78 is 5.02. The Balaban J connectivity index is 3.13. The van der Waals surface area contributed by atoms with Crippen LogP contribution in [-0.2, 0) is 0 Å². The van der Waals surface area contributed by atoms with Crippen molar-refractivity contribution < 1.29 is 14.8 Å². The first kappa shape index (κ1) is 10.6. The average molecular weight is 194 g/mol. The largest absolute Gasteiger partial charge is 0.496 e. The Morgan fingerprint density at radius 3 is 2.71 bits per heavy atom. The van der Waals surface area contributed by atoms with E-state index in [-0.39, 0.29) is 0 Å². The number of nitrogens with zero attached hydrogens (tertiary/aromatic N) is 1. The van der Waals surface area contributed by atoms with E-state index in [0.29, 0.717) is 16.8 Å². The predicted octanol–water partition coefficient (Wildman–Crippen LogP) is -1.33. The second-order valence-electron chi connectivity index (χ2n) is 2.65. The molecular formula is C8H11BN2O3. The number of hydrogen-bond donors (Lipinski definition) is 3. The Hall–Kier alpha value is -1.53. The van der Waals surface area contributed by atoms with Crippen LogP contribution in [0.1, 0.15) is 5.56 Å². The molecule has 0 unspecified atom stereocenters. The van der Waals surface area contributed by atoms with Gasteiger partial charge in [0.2, 0.25) is 0 Å². The molecule has 0 spiro atoms. The molecular weight excluding hydrogens is 183 g/mol. The van der Waals surface area contributed by atoms with Gasteiger partial charge < -0.3 is 20.6 Å². The first-order valence-corrected chi connectivity index (χ1v) is 3.96. The highest BCUT2D eigenvalue weighted by Gasteiger charge is 2.12. The molecule has 1 aromatic carbocycles. The van der Waals surface area contributed by atoms with Gasteiger partial charge in [-0.1, -0.05) is 6.07 Å². The zero-order chi connectivity index (χ0) is 10.6. The van der Waals surface area contributed by atoms with Gasteiger partial charge in [-0.3, -0.25) is 0 Å². The number of methoxy groups -OCH3 is 1. The molecule has 0 amide bonds. The third-order valence-electron chi connectivity index (χ3n) is 1.77. The van der Waals surface area contributed by atoms with Crippen LogP contribution in [0.4, 0.5) is 0 Å². The lowest BCUT2D eigenvalue weighted by Crippen LogP contribution is -2.30. The van der Waals surface area contributed by atoms with Crippen LogP contribution in [0.25, 0.3) is 0 Å². The van der Waals surface area contributed by atoms with Crippen molar-refractivity contribution in [3.63, 3.8) is 0 Å². The highest BCUT2D eigenvalue weighted by Crippen LogP contribution is 2.13. The van der Waals surface area contributed by atoms with Gasteiger partial charge in [0.25, 0.3) is 0 Å². The smallest absolute Gasteiger partial charge is 0.488 e.